The number of rotatable bonds is 4. The summed E-state index contributed by atoms with van der Waals surface area (Å²) in [5.74, 6) is 0. The molecule has 0 fully saturated rings. The summed E-state index contributed by atoms with van der Waals surface area (Å²) in [6.07, 6.45) is -3.64. The molecule has 0 aliphatic carbocycles. The molecule has 0 spiro atoms. The Labute approximate surface area is 123 Å². The maximum Gasteiger partial charge on any atom is 0.416 e. The molecule has 0 amide bonds. The monoisotopic (exact) mass is 320 g/mol. The molecule has 2 aromatic rings. The molecule has 20 heavy (non-hydrogen) atoms. The molecule has 108 valence electrons. The van der Waals surface area contributed by atoms with Gasteiger partial charge in [0, 0.05) is 11.4 Å². The smallest absolute Gasteiger partial charge is 0.397 e. The largest absolute Gasteiger partial charge is 0.416 e. The van der Waals surface area contributed by atoms with E-state index in [0.717, 1.165) is 23.4 Å². The van der Waals surface area contributed by atoms with Crippen LogP contribution < -0.4 is 11.1 Å². The van der Waals surface area contributed by atoms with E-state index in [-0.39, 0.29) is 5.69 Å². The van der Waals surface area contributed by atoms with Crippen molar-refractivity contribution in [2.24, 2.45) is 0 Å². The topological polar surface area (TPSA) is 38.0 Å². The molecule has 1 aromatic heterocycles. The molecule has 7 heteroatoms. The zero-order valence-electron chi connectivity index (χ0n) is 10.3. The first-order valence-electron chi connectivity index (χ1n) is 5.81. The van der Waals surface area contributed by atoms with Crippen molar-refractivity contribution in [3.8, 4) is 0 Å². The summed E-state index contributed by atoms with van der Waals surface area (Å²) < 4.78 is 38.2. The Kier molecular flexibility index (Phi) is 4.45. The molecule has 0 aliphatic heterocycles. The molecule has 0 unspecified atom stereocenters. The summed E-state index contributed by atoms with van der Waals surface area (Å²) in [5, 5.41) is 3.02. The lowest BCUT2D eigenvalue weighted by atomic mass is 10.1. The SMILES string of the molecule is Nc1cc(C(F)(F)F)ccc1NCCc1ccc(Cl)s1. The molecule has 0 saturated carbocycles. The Hall–Kier alpha value is -1.40. The number of hydrogen-bond acceptors (Lipinski definition) is 3. The standard InChI is InChI=1S/C13H12ClF3N2S/c14-12-4-2-9(20-12)5-6-19-11-3-1-8(7-10(11)18)13(15,16)17/h1-4,7,19H,5-6,18H2. The predicted octanol–water partition coefficient (Wildman–Crippen LogP) is 4.66. The number of alkyl halides is 3. The van der Waals surface area contributed by atoms with Gasteiger partial charge in [-0.2, -0.15) is 13.2 Å². The van der Waals surface area contributed by atoms with Gasteiger partial charge in [0.15, 0.2) is 0 Å². The molecular weight excluding hydrogens is 309 g/mol. The van der Waals surface area contributed by atoms with E-state index < -0.39 is 11.7 Å². The van der Waals surface area contributed by atoms with E-state index in [2.05, 4.69) is 5.32 Å². The van der Waals surface area contributed by atoms with E-state index in [1.165, 1.54) is 17.4 Å². The molecular formula is C13H12ClF3N2S. The molecule has 0 saturated heterocycles. The lowest BCUT2D eigenvalue weighted by molar-refractivity contribution is -0.137. The van der Waals surface area contributed by atoms with Gasteiger partial charge in [-0.25, -0.2) is 0 Å². The first kappa shape index (κ1) is 15.0. The van der Waals surface area contributed by atoms with E-state index in [1.807, 2.05) is 12.1 Å². The average Bonchev–Trinajstić information content (AvgIpc) is 2.76. The molecule has 2 rings (SSSR count). The van der Waals surface area contributed by atoms with Gasteiger partial charge in [-0.05, 0) is 36.8 Å². The van der Waals surface area contributed by atoms with E-state index in [1.54, 1.807) is 0 Å². The normalized spacial score (nSPS) is 11.6. The number of nitrogen functional groups attached to an aromatic ring is 1. The van der Waals surface area contributed by atoms with Crippen LogP contribution in [0.2, 0.25) is 4.34 Å². The molecule has 2 nitrogen and oxygen atoms in total. The average molecular weight is 321 g/mol. The van der Waals surface area contributed by atoms with Gasteiger partial charge in [-0.15, -0.1) is 11.3 Å². The first-order chi connectivity index (χ1) is 9.36. The van der Waals surface area contributed by atoms with E-state index in [9.17, 15) is 13.2 Å². The minimum atomic E-state index is -4.37. The second-order valence-corrected chi connectivity index (χ2v) is 5.98. The van der Waals surface area contributed by atoms with Crippen molar-refractivity contribution < 1.29 is 13.2 Å². The van der Waals surface area contributed by atoms with Crippen molar-refractivity contribution in [2.75, 3.05) is 17.6 Å². The van der Waals surface area contributed by atoms with Crippen molar-refractivity contribution in [1.82, 2.24) is 0 Å². The summed E-state index contributed by atoms with van der Waals surface area (Å²) in [6.45, 7) is 0.576. The third-order valence-electron chi connectivity index (χ3n) is 2.69. The van der Waals surface area contributed by atoms with E-state index in [4.69, 9.17) is 17.3 Å². The lowest BCUT2D eigenvalue weighted by Gasteiger charge is -2.12. The quantitative estimate of drug-likeness (QED) is 0.804. The van der Waals surface area contributed by atoms with E-state index in [0.29, 0.717) is 16.6 Å². The number of anilines is 2. The van der Waals surface area contributed by atoms with Gasteiger partial charge >= 0.3 is 6.18 Å². The Morgan fingerprint density at radius 3 is 2.50 bits per heavy atom. The zero-order chi connectivity index (χ0) is 14.8. The lowest BCUT2D eigenvalue weighted by Crippen LogP contribution is -2.09. The minimum absolute atomic E-state index is 0.0871. The maximum absolute atomic E-state index is 12.5. The number of thiophene rings is 1. The van der Waals surface area contributed by atoms with Crippen LogP contribution >= 0.6 is 22.9 Å². The molecule has 0 radical (unpaired) electrons. The van der Waals surface area contributed by atoms with Crippen molar-refractivity contribution in [2.45, 2.75) is 12.6 Å². The van der Waals surface area contributed by atoms with Crippen molar-refractivity contribution in [3.63, 3.8) is 0 Å². The van der Waals surface area contributed by atoms with Crippen LogP contribution in [0.4, 0.5) is 24.5 Å². The number of halogens is 4. The molecule has 0 bridgehead atoms. The van der Waals surface area contributed by atoms with Crippen LogP contribution in [0.25, 0.3) is 0 Å². The fourth-order valence-electron chi connectivity index (χ4n) is 1.71. The zero-order valence-corrected chi connectivity index (χ0v) is 11.9. The fraction of sp³-hybridized carbons (Fsp3) is 0.231. The highest BCUT2D eigenvalue weighted by atomic mass is 35.5. The van der Waals surface area contributed by atoms with Gasteiger partial charge in [0.1, 0.15) is 0 Å². The van der Waals surface area contributed by atoms with E-state index >= 15 is 0 Å². The number of nitrogens with one attached hydrogen (secondary N) is 1. The Morgan fingerprint density at radius 2 is 1.95 bits per heavy atom. The Balaban J connectivity index is 1.96. The van der Waals surface area contributed by atoms with Crippen LogP contribution in [0.1, 0.15) is 10.4 Å². The minimum Gasteiger partial charge on any atom is -0.397 e. The fourth-order valence-corrected chi connectivity index (χ4v) is 2.79. The van der Waals surface area contributed by atoms with Crippen LogP contribution in [0.15, 0.2) is 30.3 Å². The second kappa shape index (κ2) is 5.93. The maximum atomic E-state index is 12.5. The van der Waals surface area contributed by atoms with Crippen LogP contribution in [0.3, 0.4) is 0 Å². The highest BCUT2D eigenvalue weighted by molar-refractivity contribution is 7.16. The summed E-state index contributed by atoms with van der Waals surface area (Å²) in [5.41, 5.74) is 5.46. The predicted molar refractivity (Wildman–Crippen MR) is 77.4 cm³/mol. The summed E-state index contributed by atoms with van der Waals surface area (Å²) in [6, 6.07) is 7.03. The number of hydrogen-bond donors (Lipinski definition) is 2. The summed E-state index contributed by atoms with van der Waals surface area (Å²) >= 11 is 7.29. The number of nitrogens with two attached hydrogens (primary N) is 1. The van der Waals surface area contributed by atoms with Crippen LogP contribution in [-0.2, 0) is 12.6 Å². The first-order valence-corrected chi connectivity index (χ1v) is 7.00. The van der Waals surface area contributed by atoms with Crippen LogP contribution in [0.5, 0.6) is 0 Å². The van der Waals surface area contributed by atoms with Crippen molar-refractivity contribution >= 4 is 34.3 Å². The van der Waals surface area contributed by atoms with Gasteiger partial charge in [-0.1, -0.05) is 11.6 Å². The van der Waals surface area contributed by atoms with Gasteiger partial charge in [0.25, 0.3) is 0 Å². The Bertz CT molecular complexity index is 596. The van der Waals surface area contributed by atoms with Crippen molar-refractivity contribution in [3.05, 3.63) is 45.1 Å². The highest BCUT2D eigenvalue weighted by Crippen LogP contribution is 2.32. The van der Waals surface area contributed by atoms with Crippen LogP contribution in [0, 0.1) is 0 Å². The second-order valence-electron chi connectivity index (χ2n) is 4.18. The van der Waals surface area contributed by atoms with Crippen molar-refractivity contribution in [1.29, 1.82) is 0 Å². The summed E-state index contributed by atoms with van der Waals surface area (Å²) in [4.78, 5) is 1.10. The van der Waals surface area contributed by atoms with Gasteiger partial charge in [0.2, 0.25) is 0 Å². The van der Waals surface area contributed by atoms with Gasteiger partial charge in [-0.3, -0.25) is 0 Å². The van der Waals surface area contributed by atoms with Crippen LogP contribution in [-0.4, -0.2) is 6.54 Å². The molecule has 1 aromatic carbocycles. The third kappa shape index (κ3) is 3.80. The Morgan fingerprint density at radius 1 is 1.20 bits per heavy atom. The third-order valence-corrected chi connectivity index (χ3v) is 3.99. The highest BCUT2D eigenvalue weighted by Gasteiger charge is 2.30. The molecule has 0 aliphatic rings. The molecule has 0 atom stereocenters. The molecule has 3 N–H and O–H groups in total. The molecule has 1 heterocycles. The summed E-state index contributed by atoms with van der Waals surface area (Å²) in [7, 11) is 0. The van der Waals surface area contributed by atoms with Gasteiger partial charge in [0.05, 0.1) is 21.3 Å². The van der Waals surface area contributed by atoms with Gasteiger partial charge < -0.3 is 11.1 Å². The number of benzene rings is 1.